The lowest BCUT2D eigenvalue weighted by Crippen LogP contribution is -2.14. The molecule has 0 atom stereocenters. The molecule has 1 fully saturated rings. The van der Waals surface area contributed by atoms with E-state index in [-0.39, 0.29) is 0 Å². The van der Waals surface area contributed by atoms with E-state index in [1.54, 1.807) is 0 Å². The standard InChI is InChI=1S/C12H23/c1-3-5-11-7-9-12(6-4-2)10-8-11/h11-12H,1,3-10H2,2H3. The molecule has 0 saturated heterocycles. The molecule has 1 aliphatic rings. The smallest absolute Gasteiger partial charge is 0.0414 e. The summed E-state index contributed by atoms with van der Waals surface area (Å²) < 4.78 is 0. The van der Waals surface area contributed by atoms with Crippen molar-refractivity contribution in [1.82, 2.24) is 0 Å². The Kier molecular flexibility index (Phi) is 4.72. The van der Waals surface area contributed by atoms with Crippen LogP contribution in [0.2, 0.25) is 0 Å². The first-order valence-corrected chi connectivity index (χ1v) is 5.66. The van der Waals surface area contributed by atoms with Gasteiger partial charge in [-0.05, 0) is 11.8 Å². The zero-order chi connectivity index (χ0) is 8.81. The summed E-state index contributed by atoms with van der Waals surface area (Å²) in [5.41, 5.74) is 0. The summed E-state index contributed by atoms with van der Waals surface area (Å²) in [6.07, 6.45) is 11.3. The van der Waals surface area contributed by atoms with Crippen molar-refractivity contribution >= 4 is 0 Å². The molecule has 0 unspecified atom stereocenters. The van der Waals surface area contributed by atoms with Gasteiger partial charge in [0.25, 0.3) is 0 Å². The van der Waals surface area contributed by atoms with Gasteiger partial charge in [-0.15, -0.1) is 0 Å². The molecule has 0 aromatic rings. The Morgan fingerprint density at radius 1 is 1.00 bits per heavy atom. The third-order valence-electron chi connectivity index (χ3n) is 3.28. The van der Waals surface area contributed by atoms with E-state index in [0.717, 1.165) is 18.3 Å². The number of rotatable bonds is 4. The quantitative estimate of drug-likeness (QED) is 0.588. The Morgan fingerprint density at radius 3 is 1.92 bits per heavy atom. The number of hydrogen-bond acceptors (Lipinski definition) is 0. The van der Waals surface area contributed by atoms with Crippen molar-refractivity contribution in [3.05, 3.63) is 6.92 Å². The van der Waals surface area contributed by atoms with Gasteiger partial charge in [0.15, 0.2) is 0 Å². The summed E-state index contributed by atoms with van der Waals surface area (Å²) in [7, 11) is 0. The molecule has 0 N–H and O–H groups in total. The Labute approximate surface area is 77.7 Å². The highest BCUT2D eigenvalue weighted by Crippen LogP contribution is 2.33. The third kappa shape index (κ3) is 3.16. The fraction of sp³-hybridized carbons (Fsp3) is 0.917. The maximum atomic E-state index is 3.94. The molecule has 1 saturated carbocycles. The number of hydrogen-bond donors (Lipinski definition) is 0. The predicted octanol–water partition coefficient (Wildman–Crippen LogP) is 4.21. The second kappa shape index (κ2) is 5.61. The van der Waals surface area contributed by atoms with Crippen molar-refractivity contribution in [2.45, 2.75) is 58.3 Å². The third-order valence-corrected chi connectivity index (χ3v) is 3.28. The van der Waals surface area contributed by atoms with E-state index in [4.69, 9.17) is 0 Å². The Bertz CT molecular complexity index is 84.6. The maximum absolute atomic E-state index is 3.94. The van der Waals surface area contributed by atoms with E-state index in [2.05, 4.69) is 13.8 Å². The summed E-state index contributed by atoms with van der Waals surface area (Å²) in [5.74, 6) is 2.09. The monoisotopic (exact) mass is 167 g/mol. The van der Waals surface area contributed by atoms with Crippen LogP contribution < -0.4 is 0 Å². The van der Waals surface area contributed by atoms with E-state index in [0.29, 0.717) is 0 Å². The second-order valence-corrected chi connectivity index (χ2v) is 4.32. The fourth-order valence-corrected chi connectivity index (χ4v) is 2.51. The lowest BCUT2D eigenvalue weighted by atomic mass is 9.78. The second-order valence-electron chi connectivity index (χ2n) is 4.32. The van der Waals surface area contributed by atoms with Crippen LogP contribution in [0.1, 0.15) is 58.3 Å². The Balaban J connectivity index is 2.11. The summed E-state index contributed by atoms with van der Waals surface area (Å²) >= 11 is 0. The van der Waals surface area contributed by atoms with Crippen LogP contribution in [0.4, 0.5) is 0 Å². The van der Waals surface area contributed by atoms with Crippen molar-refractivity contribution in [3.8, 4) is 0 Å². The largest absolute Gasteiger partial charge is 0.0654 e. The molecule has 0 heteroatoms. The summed E-state index contributed by atoms with van der Waals surface area (Å²) in [4.78, 5) is 0. The molecule has 0 bridgehead atoms. The average molecular weight is 167 g/mol. The maximum Gasteiger partial charge on any atom is -0.0414 e. The first-order valence-electron chi connectivity index (χ1n) is 5.66. The molecule has 1 aliphatic carbocycles. The molecule has 0 nitrogen and oxygen atoms in total. The van der Waals surface area contributed by atoms with Crippen LogP contribution in [0.15, 0.2) is 0 Å². The van der Waals surface area contributed by atoms with Crippen LogP contribution in [0.5, 0.6) is 0 Å². The van der Waals surface area contributed by atoms with Gasteiger partial charge in [0.05, 0.1) is 0 Å². The highest BCUT2D eigenvalue weighted by Gasteiger charge is 2.19. The summed E-state index contributed by atoms with van der Waals surface area (Å²) in [5, 5.41) is 0. The van der Waals surface area contributed by atoms with E-state index >= 15 is 0 Å². The highest BCUT2D eigenvalue weighted by molar-refractivity contribution is 4.72. The zero-order valence-corrected chi connectivity index (χ0v) is 8.52. The van der Waals surface area contributed by atoms with Gasteiger partial charge in [0, 0.05) is 0 Å². The minimum Gasteiger partial charge on any atom is -0.0654 e. The predicted molar refractivity (Wildman–Crippen MR) is 54.9 cm³/mol. The lowest BCUT2D eigenvalue weighted by molar-refractivity contribution is 0.253. The molecular formula is C12H23. The van der Waals surface area contributed by atoms with Crippen LogP contribution in [-0.4, -0.2) is 0 Å². The van der Waals surface area contributed by atoms with Crippen molar-refractivity contribution in [3.63, 3.8) is 0 Å². The first kappa shape index (κ1) is 10.1. The van der Waals surface area contributed by atoms with Crippen molar-refractivity contribution in [2.24, 2.45) is 11.8 Å². The van der Waals surface area contributed by atoms with Gasteiger partial charge in [-0.25, -0.2) is 0 Å². The van der Waals surface area contributed by atoms with Gasteiger partial charge in [-0.2, -0.15) is 0 Å². The molecule has 0 aromatic carbocycles. The topological polar surface area (TPSA) is 0 Å². The summed E-state index contributed by atoms with van der Waals surface area (Å²) in [6, 6.07) is 0. The molecule has 0 spiro atoms. The van der Waals surface area contributed by atoms with Gasteiger partial charge in [0.2, 0.25) is 0 Å². The molecule has 0 aromatic heterocycles. The van der Waals surface area contributed by atoms with Crippen LogP contribution in [0.25, 0.3) is 0 Å². The highest BCUT2D eigenvalue weighted by atomic mass is 14.2. The first-order chi connectivity index (χ1) is 5.86. The normalized spacial score (nSPS) is 30.5. The van der Waals surface area contributed by atoms with E-state index in [1.807, 2.05) is 0 Å². The SMILES string of the molecule is [CH2]CCC1CCC(CCC)CC1. The van der Waals surface area contributed by atoms with Gasteiger partial charge in [-0.3, -0.25) is 0 Å². The van der Waals surface area contributed by atoms with Crippen LogP contribution in [0, 0.1) is 18.8 Å². The molecule has 12 heavy (non-hydrogen) atoms. The Morgan fingerprint density at radius 2 is 1.50 bits per heavy atom. The van der Waals surface area contributed by atoms with Gasteiger partial charge in [0.1, 0.15) is 0 Å². The molecular weight excluding hydrogens is 144 g/mol. The minimum atomic E-state index is 1.02. The van der Waals surface area contributed by atoms with E-state index in [9.17, 15) is 0 Å². The van der Waals surface area contributed by atoms with Crippen LogP contribution in [-0.2, 0) is 0 Å². The average Bonchev–Trinajstić information content (AvgIpc) is 2.09. The molecule has 0 aliphatic heterocycles. The van der Waals surface area contributed by atoms with Gasteiger partial charge < -0.3 is 0 Å². The van der Waals surface area contributed by atoms with Crippen molar-refractivity contribution in [2.75, 3.05) is 0 Å². The lowest BCUT2D eigenvalue weighted by Gasteiger charge is -2.27. The zero-order valence-electron chi connectivity index (χ0n) is 8.52. The van der Waals surface area contributed by atoms with Gasteiger partial charge in [-0.1, -0.05) is 65.2 Å². The molecule has 1 rings (SSSR count). The van der Waals surface area contributed by atoms with Gasteiger partial charge >= 0.3 is 0 Å². The Hall–Kier alpha value is 0. The minimum absolute atomic E-state index is 1.02. The van der Waals surface area contributed by atoms with Crippen molar-refractivity contribution in [1.29, 1.82) is 0 Å². The van der Waals surface area contributed by atoms with E-state index < -0.39 is 0 Å². The summed E-state index contributed by atoms with van der Waals surface area (Å²) in [6.45, 7) is 6.24. The fourth-order valence-electron chi connectivity index (χ4n) is 2.51. The van der Waals surface area contributed by atoms with Crippen molar-refractivity contribution < 1.29 is 0 Å². The van der Waals surface area contributed by atoms with Crippen LogP contribution >= 0.6 is 0 Å². The molecule has 1 radical (unpaired) electrons. The molecule has 71 valence electrons. The van der Waals surface area contributed by atoms with Crippen LogP contribution in [0.3, 0.4) is 0 Å². The molecule has 0 heterocycles. The molecule has 0 amide bonds. The van der Waals surface area contributed by atoms with E-state index in [1.165, 1.54) is 44.9 Å².